The fourth-order valence-corrected chi connectivity index (χ4v) is 10.1. The van der Waals surface area contributed by atoms with Crippen molar-refractivity contribution >= 4 is 11.8 Å². The van der Waals surface area contributed by atoms with E-state index in [-0.39, 0.29) is 28.8 Å². The minimum absolute atomic E-state index is 0.00485. The van der Waals surface area contributed by atoms with Crippen molar-refractivity contribution in [3.05, 3.63) is 11.1 Å². The topological polar surface area (TPSA) is 74.6 Å². The molecule has 4 aliphatic carbocycles. The molecular formula is C32H52O4. The lowest BCUT2D eigenvalue weighted by Crippen LogP contribution is -2.56. The highest BCUT2D eigenvalue weighted by Crippen LogP contribution is 2.72. The van der Waals surface area contributed by atoms with Gasteiger partial charge in [0.05, 0.1) is 11.5 Å². The van der Waals surface area contributed by atoms with E-state index in [2.05, 4.69) is 48.5 Å². The lowest BCUT2D eigenvalue weighted by molar-refractivity contribution is -0.139. The zero-order valence-electron chi connectivity index (χ0n) is 24.1. The molecule has 4 nitrogen and oxygen atoms in total. The predicted octanol–water partition coefficient (Wildman–Crippen LogP) is 7.58. The standard InChI is InChI=1S/C32H52O4/c1-20(2)9-8-10-21(3)24-19-27(34)32(18-15-28(35)36)23-11-12-25-29(4,5)26(33)14-16-30(25,6)22(23)13-17-31(24,32)7/h20-21,24-26,33H,8-19H2,1-7H3,(H,35,36)/t21-,24-,25?,26+,30-,31-,32-/m1/s1. The van der Waals surface area contributed by atoms with Crippen LogP contribution in [0, 0.1) is 45.3 Å². The summed E-state index contributed by atoms with van der Waals surface area (Å²) in [6.45, 7) is 16.1. The number of carboxylic acid groups (broad SMARTS) is 1. The van der Waals surface area contributed by atoms with Gasteiger partial charge in [0.2, 0.25) is 0 Å². The van der Waals surface area contributed by atoms with Gasteiger partial charge in [0, 0.05) is 12.8 Å². The number of aliphatic carboxylic acids is 1. The minimum atomic E-state index is -0.789. The maximum absolute atomic E-state index is 14.3. The molecule has 0 bridgehead atoms. The summed E-state index contributed by atoms with van der Waals surface area (Å²) < 4.78 is 0. The third kappa shape index (κ3) is 4.03. The number of aliphatic hydroxyl groups excluding tert-OH is 1. The Labute approximate surface area is 219 Å². The number of carbonyl (C=O) groups is 2. The summed E-state index contributed by atoms with van der Waals surface area (Å²) in [6, 6.07) is 0. The SMILES string of the molecule is CC(C)CCC[C@@H](C)[C@H]1CC(=O)[C@@]2(CCC(=O)O)C3=C(CC[C@]12C)[C@@]1(C)CC[C@H](O)C(C)(C)C1CC3. The van der Waals surface area contributed by atoms with E-state index in [1.807, 2.05) is 0 Å². The van der Waals surface area contributed by atoms with Crippen molar-refractivity contribution in [2.45, 2.75) is 132 Å². The first-order valence-electron chi connectivity index (χ1n) is 14.9. The fourth-order valence-electron chi connectivity index (χ4n) is 10.1. The Balaban J connectivity index is 1.78. The molecule has 2 fully saturated rings. The van der Waals surface area contributed by atoms with Gasteiger partial charge in [0.1, 0.15) is 5.78 Å². The van der Waals surface area contributed by atoms with Crippen molar-refractivity contribution in [3.63, 3.8) is 0 Å². The maximum atomic E-state index is 14.3. The monoisotopic (exact) mass is 500 g/mol. The molecule has 2 saturated carbocycles. The third-order valence-corrected chi connectivity index (χ3v) is 12.1. The van der Waals surface area contributed by atoms with Crippen LogP contribution in [0.15, 0.2) is 11.1 Å². The zero-order chi connectivity index (χ0) is 26.7. The van der Waals surface area contributed by atoms with Crippen LogP contribution in [0.4, 0.5) is 0 Å². The van der Waals surface area contributed by atoms with Gasteiger partial charge in [-0.2, -0.15) is 0 Å². The van der Waals surface area contributed by atoms with E-state index >= 15 is 0 Å². The summed E-state index contributed by atoms with van der Waals surface area (Å²) in [5.41, 5.74) is 1.88. The molecule has 0 heterocycles. The Morgan fingerprint density at radius 3 is 2.33 bits per heavy atom. The van der Waals surface area contributed by atoms with Gasteiger partial charge in [-0.15, -0.1) is 0 Å². The van der Waals surface area contributed by atoms with E-state index in [0.717, 1.165) is 44.9 Å². The zero-order valence-corrected chi connectivity index (χ0v) is 24.1. The lowest BCUT2D eigenvalue weighted by atomic mass is 9.42. The van der Waals surface area contributed by atoms with E-state index in [4.69, 9.17) is 0 Å². The molecule has 0 amide bonds. The van der Waals surface area contributed by atoms with Crippen LogP contribution in [0.25, 0.3) is 0 Å². The molecule has 0 radical (unpaired) electrons. The van der Waals surface area contributed by atoms with Crippen LogP contribution in [0.2, 0.25) is 0 Å². The van der Waals surface area contributed by atoms with Crippen LogP contribution in [-0.4, -0.2) is 28.1 Å². The molecule has 2 N–H and O–H groups in total. The molecule has 36 heavy (non-hydrogen) atoms. The first-order valence-corrected chi connectivity index (χ1v) is 14.9. The molecule has 0 aromatic heterocycles. The van der Waals surface area contributed by atoms with Crippen LogP contribution >= 0.6 is 0 Å². The number of carbonyl (C=O) groups excluding carboxylic acids is 1. The van der Waals surface area contributed by atoms with Crippen molar-refractivity contribution in [1.29, 1.82) is 0 Å². The Hall–Kier alpha value is -1.16. The molecule has 4 rings (SSSR count). The summed E-state index contributed by atoms with van der Waals surface area (Å²) in [6.07, 6.45) is 10.1. The number of allylic oxidation sites excluding steroid dienone is 2. The first kappa shape index (κ1) is 27.9. The number of Topliss-reactive ketones (excluding diaryl/α,β-unsaturated/α-hetero) is 1. The molecule has 0 aliphatic heterocycles. The smallest absolute Gasteiger partial charge is 0.303 e. The van der Waals surface area contributed by atoms with Crippen molar-refractivity contribution in [1.82, 2.24) is 0 Å². The fraction of sp³-hybridized carbons (Fsp3) is 0.875. The number of hydrogen-bond donors (Lipinski definition) is 2. The van der Waals surface area contributed by atoms with Gasteiger partial charge < -0.3 is 10.2 Å². The number of rotatable bonds is 8. The van der Waals surface area contributed by atoms with E-state index in [0.29, 0.717) is 42.3 Å². The highest BCUT2D eigenvalue weighted by Gasteiger charge is 2.68. The average molecular weight is 501 g/mol. The second kappa shape index (κ2) is 9.54. The normalized spacial score (nSPS) is 40.6. The van der Waals surface area contributed by atoms with Gasteiger partial charge in [-0.05, 0) is 84.9 Å². The number of fused-ring (bicyclic) bond motifs is 4. The van der Waals surface area contributed by atoms with E-state index in [1.165, 1.54) is 24.0 Å². The minimum Gasteiger partial charge on any atom is -0.481 e. The Morgan fingerprint density at radius 1 is 1.00 bits per heavy atom. The van der Waals surface area contributed by atoms with Crippen LogP contribution in [0.5, 0.6) is 0 Å². The van der Waals surface area contributed by atoms with Crippen LogP contribution < -0.4 is 0 Å². The first-order chi connectivity index (χ1) is 16.7. The molecule has 0 saturated heterocycles. The van der Waals surface area contributed by atoms with Gasteiger partial charge in [-0.25, -0.2) is 0 Å². The maximum Gasteiger partial charge on any atom is 0.303 e. The van der Waals surface area contributed by atoms with Crippen LogP contribution in [-0.2, 0) is 9.59 Å². The second-order valence-corrected chi connectivity index (χ2v) is 14.6. The molecule has 0 aromatic rings. The van der Waals surface area contributed by atoms with Crippen molar-refractivity contribution in [3.8, 4) is 0 Å². The van der Waals surface area contributed by atoms with Gasteiger partial charge in [0.15, 0.2) is 0 Å². The molecule has 4 heteroatoms. The number of aliphatic hydroxyl groups is 1. The summed E-state index contributed by atoms with van der Waals surface area (Å²) in [5, 5.41) is 20.6. The highest BCUT2D eigenvalue weighted by molar-refractivity contribution is 5.93. The average Bonchev–Trinajstić information content (AvgIpc) is 3.02. The van der Waals surface area contributed by atoms with E-state index in [1.54, 1.807) is 0 Å². The summed E-state index contributed by atoms with van der Waals surface area (Å²) in [4.78, 5) is 26.2. The van der Waals surface area contributed by atoms with Gasteiger partial charge in [-0.3, -0.25) is 9.59 Å². The van der Waals surface area contributed by atoms with E-state index in [9.17, 15) is 19.8 Å². The number of hydrogen-bond acceptors (Lipinski definition) is 3. The number of ketones is 1. The quantitative estimate of drug-likeness (QED) is 0.337. The van der Waals surface area contributed by atoms with Crippen LogP contribution in [0.1, 0.15) is 126 Å². The van der Waals surface area contributed by atoms with Crippen LogP contribution in [0.3, 0.4) is 0 Å². The van der Waals surface area contributed by atoms with Crippen molar-refractivity contribution < 1.29 is 19.8 Å². The van der Waals surface area contributed by atoms with Gasteiger partial charge in [0.25, 0.3) is 0 Å². The lowest BCUT2D eigenvalue weighted by Gasteiger charge is -2.62. The van der Waals surface area contributed by atoms with Gasteiger partial charge in [-0.1, -0.05) is 78.9 Å². The number of carboxylic acids is 1. The third-order valence-electron chi connectivity index (χ3n) is 12.1. The summed E-state index contributed by atoms with van der Waals surface area (Å²) in [7, 11) is 0. The molecule has 0 spiro atoms. The molecular weight excluding hydrogens is 448 g/mol. The summed E-state index contributed by atoms with van der Waals surface area (Å²) >= 11 is 0. The van der Waals surface area contributed by atoms with Crippen molar-refractivity contribution in [2.75, 3.05) is 0 Å². The molecule has 1 unspecified atom stereocenters. The van der Waals surface area contributed by atoms with Gasteiger partial charge >= 0.3 is 5.97 Å². The Kier molecular flexibility index (Phi) is 7.39. The largest absolute Gasteiger partial charge is 0.481 e. The van der Waals surface area contributed by atoms with E-state index < -0.39 is 11.4 Å². The van der Waals surface area contributed by atoms with Crippen molar-refractivity contribution in [2.24, 2.45) is 45.3 Å². The Morgan fingerprint density at radius 2 is 1.69 bits per heavy atom. The molecule has 0 aromatic carbocycles. The second-order valence-electron chi connectivity index (χ2n) is 14.6. The highest BCUT2D eigenvalue weighted by atomic mass is 16.4. The molecule has 204 valence electrons. The summed E-state index contributed by atoms with van der Waals surface area (Å²) in [5.74, 6) is 1.44. The predicted molar refractivity (Wildman–Crippen MR) is 144 cm³/mol. The Bertz CT molecular complexity index is 915. The molecule has 7 atom stereocenters. The molecule has 4 aliphatic rings.